The van der Waals surface area contributed by atoms with Crippen molar-refractivity contribution in [2.45, 2.75) is 58.8 Å². The molecule has 0 aromatic carbocycles. The van der Waals surface area contributed by atoms with Crippen LogP contribution in [0.15, 0.2) is 27.3 Å². The first-order valence-electron chi connectivity index (χ1n) is 7.73. The van der Waals surface area contributed by atoms with Gasteiger partial charge in [-0.1, -0.05) is 6.92 Å². The van der Waals surface area contributed by atoms with E-state index in [1.54, 1.807) is 6.26 Å². The normalized spacial score (nSPS) is 15.0. The van der Waals surface area contributed by atoms with Crippen molar-refractivity contribution >= 4 is 15.9 Å². The molecule has 0 bridgehead atoms. The van der Waals surface area contributed by atoms with Crippen LogP contribution in [0.4, 0.5) is 0 Å². The number of nitrogens with zero attached hydrogens (tertiary/aromatic N) is 3. The Morgan fingerprint density at radius 1 is 1.38 bits per heavy atom. The first-order chi connectivity index (χ1) is 10.2. The van der Waals surface area contributed by atoms with Crippen LogP contribution < -0.4 is 0 Å². The van der Waals surface area contributed by atoms with Crippen LogP contribution in [0.1, 0.15) is 43.8 Å². The smallest absolute Gasteiger partial charge is 0.117 e. The molecule has 1 fully saturated rings. The molecule has 2 aromatic heterocycles. The van der Waals surface area contributed by atoms with Gasteiger partial charge in [-0.25, -0.2) is 0 Å². The average molecular weight is 352 g/mol. The topological polar surface area (TPSA) is 34.2 Å². The Balaban J connectivity index is 1.81. The summed E-state index contributed by atoms with van der Waals surface area (Å²) in [6.45, 7) is 7.01. The van der Waals surface area contributed by atoms with Crippen LogP contribution in [-0.2, 0) is 26.1 Å². The van der Waals surface area contributed by atoms with Crippen LogP contribution in [0.25, 0.3) is 0 Å². The molecule has 1 aliphatic rings. The zero-order chi connectivity index (χ0) is 14.8. The molecule has 0 amide bonds. The maximum Gasteiger partial charge on any atom is 0.117 e. The molecule has 1 saturated carbocycles. The average Bonchev–Trinajstić information content (AvgIpc) is 3.13. The van der Waals surface area contributed by atoms with Gasteiger partial charge < -0.3 is 4.42 Å². The summed E-state index contributed by atoms with van der Waals surface area (Å²) in [4.78, 5) is 2.51. The van der Waals surface area contributed by atoms with E-state index < -0.39 is 0 Å². The van der Waals surface area contributed by atoms with Crippen molar-refractivity contribution in [1.82, 2.24) is 14.7 Å². The van der Waals surface area contributed by atoms with E-state index in [9.17, 15) is 0 Å². The SMILES string of the molecule is CCc1nn(CC)c(CN(Cc2ccco2)C2CC2)c1Br. The molecule has 4 nitrogen and oxygen atoms in total. The summed E-state index contributed by atoms with van der Waals surface area (Å²) < 4.78 is 8.82. The highest BCUT2D eigenvalue weighted by Gasteiger charge is 2.31. The molecule has 21 heavy (non-hydrogen) atoms. The summed E-state index contributed by atoms with van der Waals surface area (Å²) in [5.41, 5.74) is 2.44. The van der Waals surface area contributed by atoms with Gasteiger partial charge in [0.25, 0.3) is 0 Å². The van der Waals surface area contributed by atoms with E-state index in [0.29, 0.717) is 6.04 Å². The highest BCUT2D eigenvalue weighted by atomic mass is 79.9. The van der Waals surface area contributed by atoms with Crippen molar-refractivity contribution in [3.05, 3.63) is 40.0 Å². The standard InChI is InChI=1S/C16H22BrN3O/c1-3-14-16(17)15(20(4-2)18-14)11-19(12-7-8-12)10-13-6-5-9-21-13/h5-6,9,12H,3-4,7-8,10-11H2,1-2H3. The molecule has 5 heteroatoms. The van der Waals surface area contributed by atoms with Crippen LogP contribution >= 0.6 is 15.9 Å². The number of hydrogen-bond donors (Lipinski definition) is 0. The number of rotatable bonds is 7. The Morgan fingerprint density at radius 3 is 2.76 bits per heavy atom. The van der Waals surface area contributed by atoms with E-state index in [2.05, 4.69) is 45.4 Å². The molecule has 0 saturated heterocycles. The Hall–Kier alpha value is -1.07. The predicted molar refractivity (Wildman–Crippen MR) is 86.0 cm³/mol. The molecule has 0 atom stereocenters. The second kappa shape index (κ2) is 6.36. The lowest BCUT2D eigenvalue weighted by molar-refractivity contribution is 0.218. The Labute approximate surface area is 134 Å². The predicted octanol–water partition coefficient (Wildman–Crippen LogP) is 3.99. The fraction of sp³-hybridized carbons (Fsp3) is 0.562. The van der Waals surface area contributed by atoms with E-state index >= 15 is 0 Å². The molecule has 0 spiro atoms. The summed E-state index contributed by atoms with van der Waals surface area (Å²) in [5, 5.41) is 4.70. The van der Waals surface area contributed by atoms with Crippen molar-refractivity contribution in [2.24, 2.45) is 0 Å². The van der Waals surface area contributed by atoms with Crippen LogP contribution in [0.3, 0.4) is 0 Å². The quantitative estimate of drug-likeness (QED) is 0.756. The van der Waals surface area contributed by atoms with Crippen molar-refractivity contribution in [3.63, 3.8) is 0 Å². The lowest BCUT2D eigenvalue weighted by Crippen LogP contribution is -2.26. The van der Waals surface area contributed by atoms with Gasteiger partial charge in [-0.3, -0.25) is 9.58 Å². The Bertz CT molecular complexity index is 587. The minimum atomic E-state index is 0.687. The van der Waals surface area contributed by atoms with Gasteiger partial charge in [-0.05, 0) is 54.2 Å². The summed E-state index contributed by atoms with van der Waals surface area (Å²) >= 11 is 3.75. The summed E-state index contributed by atoms with van der Waals surface area (Å²) in [6, 6.07) is 4.70. The number of halogens is 1. The van der Waals surface area contributed by atoms with Crippen LogP contribution in [0, 0.1) is 0 Å². The summed E-state index contributed by atoms with van der Waals surface area (Å²) in [7, 11) is 0. The van der Waals surface area contributed by atoms with Crippen LogP contribution in [0.2, 0.25) is 0 Å². The number of hydrogen-bond acceptors (Lipinski definition) is 3. The molecule has 0 unspecified atom stereocenters. The molecule has 1 aliphatic carbocycles. The lowest BCUT2D eigenvalue weighted by atomic mass is 10.2. The minimum absolute atomic E-state index is 0.687. The molecular formula is C16H22BrN3O. The van der Waals surface area contributed by atoms with Crippen LogP contribution in [-0.4, -0.2) is 20.7 Å². The lowest BCUT2D eigenvalue weighted by Gasteiger charge is -2.21. The molecule has 114 valence electrons. The molecule has 3 rings (SSSR count). The third kappa shape index (κ3) is 3.24. The summed E-state index contributed by atoms with van der Waals surface area (Å²) in [5.74, 6) is 1.04. The zero-order valence-electron chi connectivity index (χ0n) is 12.7. The van der Waals surface area contributed by atoms with E-state index in [1.165, 1.54) is 23.0 Å². The maximum absolute atomic E-state index is 5.52. The second-order valence-electron chi connectivity index (χ2n) is 5.59. The third-order valence-corrected chi connectivity index (χ3v) is 4.96. The molecule has 0 aliphatic heterocycles. The highest BCUT2D eigenvalue weighted by Crippen LogP contribution is 2.32. The van der Waals surface area contributed by atoms with Gasteiger partial charge >= 0.3 is 0 Å². The first-order valence-corrected chi connectivity index (χ1v) is 8.52. The van der Waals surface area contributed by atoms with Gasteiger partial charge in [0.15, 0.2) is 0 Å². The fourth-order valence-corrected chi connectivity index (χ4v) is 3.41. The molecular weight excluding hydrogens is 330 g/mol. The monoisotopic (exact) mass is 351 g/mol. The van der Waals surface area contributed by atoms with Crippen molar-refractivity contribution in [3.8, 4) is 0 Å². The van der Waals surface area contributed by atoms with E-state index in [-0.39, 0.29) is 0 Å². The molecule has 2 heterocycles. The van der Waals surface area contributed by atoms with Crippen molar-refractivity contribution in [2.75, 3.05) is 0 Å². The van der Waals surface area contributed by atoms with Crippen molar-refractivity contribution in [1.29, 1.82) is 0 Å². The summed E-state index contributed by atoms with van der Waals surface area (Å²) in [6.07, 6.45) is 5.29. The molecule has 2 aromatic rings. The van der Waals surface area contributed by atoms with Gasteiger partial charge in [0.1, 0.15) is 5.76 Å². The fourth-order valence-electron chi connectivity index (χ4n) is 2.72. The largest absolute Gasteiger partial charge is 0.468 e. The van der Waals surface area contributed by atoms with E-state index in [0.717, 1.165) is 37.5 Å². The van der Waals surface area contributed by atoms with Crippen molar-refractivity contribution < 1.29 is 4.42 Å². The van der Waals surface area contributed by atoms with Gasteiger partial charge in [0, 0.05) is 19.1 Å². The van der Waals surface area contributed by atoms with Crippen LogP contribution in [0.5, 0.6) is 0 Å². The molecule has 0 radical (unpaired) electrons. The van der Waals surface area contributed by atoms with Gasteiger partial charge in [-0.15, -0.1) is 0 Å². The van der Waals surface area contributed by atoms with E-state index in [1.807, 2.05) is 6.07 Å². The second-order valence-corrected chi connectivity index (χ2v) is 6.39. The highest BCUT2D eigenvalue weighted by molar-refractivity contribution is 9.10. The minimum Gasteiger partial charge on any atom is -0.468 e. The maximum atomic E-state index is 5.52. The van der Waals surface area contributed by atoms with E-state index in [4.69, 9.17) is 9.52 Å². The zero-order valence-corrected chi connectivity index (χ0v) is 14.3. The Kier molecular flexibility index (Phi) is 4.50. The van der Waals surface area contributed by atoms with Gasteiger partial charge in [-0.2, -0.15) is 5.10 Å². The molecule has 0 N–H and O–H groups in total. The van der Waals surface area contributed by atoms with Gasteiger partial charge in [0.2, 0.25) is 0 Å². The Morgan fingerprint density at radius 2 is 2.19 bits per heavy atom. The third-order valence-electron chi connectivity index (χ3n) is 4.05. The number of aryl methyl sites for hydroxylation is 2. The first kappa shape index (κ1) is 14.9. The number of furan rings is 1. The number of aromatic nitrogens is 2. The van der Waals surface area contributed by atoms with Gasteiger partial charge in [0.05, 0.1) is 28.7 Å².